The highest BCUT2D eigenvalue weighted by Crippen LogP contribution is 2.30. The summed E-state index contributed by atoms with van der Waals surface area (Å²) in [4.78, 5) is 25.7. The highest BCUT2D eigenvalue weighted by molar-refractivity contribution is 5.97. The first-order valence-corrected chi connectivity index (χ1v) is 7.93. The lowest BCUT2D eigenvalue weighted by Gasteiger charge is -2.09. The topological polar surface area (TPSA) is 91.0 Å². The number of ketones is 1. The molecule has 0 unspecified atom stereocenters. The van der Waals surface area contributed by atoms with E-state index >= 15 is 0 Å². The van der Waals surface area contributed by atoms with Gasteiger partial charge < -0.3 is 9.26 Å². The van der Waals surface area contributed by atoms with Gasteiger partial charge >= 0.3 is 0 Å². The largest absolute Gasteiger partial charge is 0.479 e. The molecule has 4 aromatic rings. The molecule has 7 heteroatoms. The van der Waals surface area contributed by atoms with Gasteiger partial charge in [-0.2, -0.15) is 0 Å². The number of carbonyl (C=O) groups is 1. The van der Waals surface area contributed by atoms with Gasteiger partial charge in [0.2, 0.25) is 5.88 Å². The minimum atomic E-state index is -0.147. The van der Waals surface area contributed by atoms with E-state index in [1.54, 1.807) is 12.4 Å². The Morgan fingerprint density at radius 2 is 1.92 bits per heavy atom. The lowest BCUT2D eigenvalue weighted by atomic mass is 10.1. The standard InChI is InChI=1S/C19H14N4O3/c1-25-19-18-17(15(10-21-19)12-5-3-2-4-6-12)20-9-14(23-18)7-16(24)13-8-22-26-11-13/h2-6,8-11H,7H2,1H3. The van der Waals surface area contributed by atoms with Crippen molar-refractivity contribution in [2.75, 3.05) is 7.11 Å². The van der Waals surface area contributed by atoms with Crippen LogP contribution < -0.4 is 4.74 Å². The summed E-state index contributed by atoms with van der Waals surface area (Å²) in [6, 6.07) is 9.81. The van der Waals surface area contributed by atoms with Gasteiger partial charge in [0.05, 0.1) is 31.0 Å². The monoisotopic (exact) mass is 346 g/mol. The fourth-order valence-corrected chi connectivity index (χ4v) is 2.69. The van der Waals surface area contributed by atoms with E-state index in [1.165, 1.54) is 19.6 Å². The van der Waals surface area contributed by atoms with Gasteiger partial charge in [0.1, 0.15) is 11.8 Å². The van der Waals surface area contributed by atoms with E-state index in [9.17, 15) is 4.79 Å². The third-order valence-electron chi connectivity index (χ3n) is 3.97. The summed E-state index contributed by atoms with van der Waals surface area (Å²) < 4.78 is 10.0. The lowest BCUT2D eigenvalue weighted by molar-refractivity contribution is 0.0991. The molecule has 128 valence electrons. The molecule has 0 aliphatic carbocycles. The van der Waals surface area contributed by atoms with E-state index < -0.39 is 0 Å². The van der Waals surface area contributed by atoms with Crippen LogP contribution in [-0.2, 0) is 6.42 Å². The van der Waals surface area contributed by atoms with E-state index in [0.717, 1.165) is 11.1 Å². The van der Waals surface area contributed by atoms with Crippen molar-refractivity contribution < 1.29 is 14.1 Å². The van der Waals surface area contributed by atoms with Crippen molar-refractivity contribution in [2.24, 2.45) is 0 Å². The average Bonchev–Trinajstić information content (AvgIpc) is 3.23. The minimum Gasteiger partial charge on any atom is -0.479 e. The van der Waals surface area contributed by atoms with Gasteiger partial charge in [0.25, 0.3) is 0 Å². The molecule has 0 amide bonds. The Kier molecular flexibility index (Phi) is 4.10. The molecule has 0 radical (unpaired) electrons. The van der Waals surface area contributed by atoms with Crippen molar-refractivity contribution in [3.8, 4) is 17.0 Å². The number of benzene rings is 1. The molecule has 1 aromatic carbocycles. The fourth-order valence-electron chi connectivity index (χ4n) is 2.69. The van der Waals surface area contributed by atoms with Crippen LogP contribution in [0.15, 0.2) is 59.7 Å². The molecule has 26 heavy (non-hydrogen) atoms. The fraction of sp³-hybridized carbons (Fsp3) is 0.105. The van der Waals surface area contributed by atoms with Crippen LogP contribution in [0.4, 0.5) is 0 Å². The summed E-state index contributed by atoms with van der Waals surface area (Å²) in [6.45, 7) is 0. The molecule has 0 fully saturated rings. The molecule has 3 aromatic heterocycles. The van der Waals surface area contributed by atoms with Crippen molar-refractivity contribution in [1.29, 1.82) is 0 Å². The molecule has 0 atom stereocenters. The maximum atomic E-state index is 12.2. The number of ether oxygens (including phenoxy) is 1. The predicted octanol–water partition coefficient (Wildman–Crippen LogP) is 3.11. The summed E-state index contributed by atoms with van der Waals surface area (Å²) in [7, 11) is 1.53. The first-order chi connectivity index (χ1) is 12.8. The SMILES string of the molecule is COc1ncc(-c2ccccc2)c2ncc(CC(=O)c3cnoc3)nc12. The van der Waals surface area contributed by atoms with E-state index in [0.29, 0.717) is 28.2 Å². The second-order valence-electron chi connectivity index (χ2n) is 5.62. The molecular formula is C19H14N4O3. The number of hydrogen-bond donors (Lipinski definition) is 0. The molecule has 0 N–H and O–H groups in total. The molecule has 0 saturated heterocycles. The third-order valence-corrected chi connectivity index (χ3v) is 3.97. The quantitative estimate of drug-likeness (QED) is 0.513. The predicted molar refractivity (Wildman–Crippen MR) is 93.9 cm³/mol. The highest BCUT2D eigenvalue weighted by Gasteiger charge is 2.16. The highest BCUT2D eigenvalue weighted by atomic mass is 16.5. The third kappa shape index (κ3) is 2.90. The molecule has 0 aliphatic rings. The average molecular weight is 346 g/mol. The van der Waals surface area contributed by atoms with E-state index in [1.807, 2.05) is 30.3 Å². The number of nitrogens with zero attached hydrogens (tertiary/aromatic N) is 4. The molecular weight excluding hydrogens is 332 g/mol. The van der Waals surface area contributed by atoms with E-state index in [-0.39, 0.29) is 12.2 Å². The van der Waals surface area contributed by atoms with Crippen LogP contribution in [0.1, 0.15) is 16.1 Å². The lowest BCUT2D eigenvalue weighted by Crippen LogP contribution is -2.06. The number of Topliss-reactive ketones (excluding diaryl/α,β-unsaturated/α-hetero) is 1. The van der Waals surface area contributed by atoms with Gasteiger partial charge in [-0.25, -0.2) is 9.97 Å². The van der Waals surface area contributed by atoms with Crippen molar-refractivity contribution in [2.45, 2.75) is 6.42 Å². The number of aromatic nitrogens is 4. The number of rotatable bonds is 5. The van der Waals surface area contributed by atoms with Crippen LogP contribution in [0.3, 0.4) is 0 Å². The van der Waals surface area contributed by atoms with Crippen molar-refractivity contribution in [3.05, 3.63) is 66.4 Å². The Morgan fingerprint density at radius 1 is 1.08 bits per heavy atom. The maximum absolute atomic E-state index is 12.2. The number of pyridine rings is 1. The Labute approximate surface area is 148 Å². The van der Waals surface area contributed by atoms with Gasteiger partial charge in [-0.15, -0.1) is 0 Å². The van der Waals surface area contributed by atoms with E-state index in [4.69, 9.17) is 9.26 Å². The second kappa shape index (κ2) is 6.72. The zero-order valence-corrected chi connectivity index (χ0v) is 13.9. The minimum absolute atomic E-state index is 0.0862. The molecule has 0 spiro atoms. The first-order valence-electron chi connectivity index (χ1n) is 7.93. The number of fused-ring (bicyclic) bond motifs is 1. The van der Waals surface area contributed by atoms with Gasteiger partial charge in [-0.1, -0.05) is 35.5 Å². The summed E-state index contributed by atoms with van der Waals surface area (Å²) >= 11 is 0. The summed E-state index contributed by atoms with van der Waals surface area (Å²) in [5.41, 5.74) is 3.94. The number of carbonyl (C=O) groups excluding carboxylic acids is 1. The van der Waals surface area contributed by atoms with Crippen LogP contribution >= 0.6 is 0 Å². The summed E-state index contributed by atoms with van der Waals surface area (Å²) in [5, 5.41) is 3.55. The summed E-state index contributed by atoms with van der Waals surface area (Å²) in [5.74, 6) is 0.220. The van der Waals surface area contributed by atoms with E-state index in [2.05, 4.69) is 20.1 Å². The molecule has 0 aliphatic heterocycles. The van der Waals surface area contributed by atoms with Gasteiger partial charge in [0, 0.05) is 18.0 Å². The van der Waals surface area contributed by atoms with Crippen molar-refractivity contribution in [3.63, 3.8) is 0 Å². The van der Waals surface area contributed by atoms with Crippen molar-refractivity contribution >= 4 is 16.8 Å². The Balaban J connectivity index is 1.78. The zero-order valence-electron chi connectivity index (χ0n) is 13.9. The Morgan fingerprint density at radius 3 is 2.65 bits per heavy atom. The van der Waals surface area contributed by atoms with Gasteiger partial charge in [-0.05, 0) is 5.56 Å². The van der Waals surface area contributed by atoms with Crippen LogP contribution in [-0.4, -0.2) is 33.0 Å². The Hall–Kier alpha value is -3.61. The van der Waals surface area contributed by atoms with Crippen LogP contribution in [0, 0.1) is 0 Å². The zero-order chi connectivity index (χ0) is 17.9. The molecule has 0 saturated carbocycles. The molecule has 3 heterocycles. The van der Waals surface area contributed by atoms with Crippen molar-refractivity contribution in [1.82, 2.24) is 20.1 Å². The summed E-state index contributed by atoms with van der Waals surface area (Å²) in [6.07, 6.45) is 6.09. The normalized spacial score (nSPS) is 10.8. The number of methoxy groups -OCH3 is 1. The van der Waals surface area contributed by atoms with Gasteiger partial charge in [0.15, 0.2) is 11.3 Å². The second-order valence-corrected chi connectivity index (χ2v) is 5.62. The first kappa shape index (κ1) is 15.9. The van der Waals surface area contributed by atoms with Gasteiger partial charge in [-0.3, -0.25) is 9.78 Å². The molecule has 4 rings (SSSR count). The van der Waals surface area contributed by atoms with Crippen LogP contribution in [0.25, 0.3) is 22.2 Å². The van der Waals surface area contributed by atoms with Crippen LogP contribution in [0.2, 0.25) is 0 Å². The Bertz CT molecular complexity index is 1060. The molecule has 0 bridgehead atoms. The maximum Gasteiger partial charge on any atom is 0.241 e. The molecule has 7 nitrogen and oxygen atoms in total. The van der Waals surface area contributed by atoms with Crippen LogP contribution in [0.5, 0.6) is 5.88 Å². The smallest absolute Gasteiger partial charge is 0.241 e. The number of hydrogen-bond acceptors (Lipinski definition) is 7.